The Labute approximate surface area is 119 Å². The van der Waals surface area contributed by atoms with Crippen molar-refractivity contribution < 1.29 is 23.8 Å². The van der Waals surface area contributed by atoms with E-state index in [-0.39, 0.29) is 5.02 Å². The maximum atomic E-state index is 13.4. The fraction of sp³-hybridized carbons (Fsp3) is 0.385. The number of carbonyl (C=O) groups is 2. The molecule has 1 aromatic rings. The van der Waals surface area contributed by atoms with E-state index in [2.05, 4.69) is 5.32 Å². The molecule has 0 saturated carbocycles. The van der Waals surface area contributed by atoms with E-state index in [1.54, 1.807) is 6.07 Å². The van der Waals surface area contributed by atoms with Crippen molar-refractivity contribution in [1.29, 1.82) is 0 Å². The highest BCUT2D eigenvalue weighted by atomic mass is 35.5. The number of benzene rings is 1. The predicted molar refractivity (Wildman–Crippen MR) is 68.9 cm³/mol. The Bertz CT molecular complexity index is 537. The molecule has 20 heavy (non-hydrogen) atoms. The lowest BCUT2D eigenvalue weighted by Gasteiger charge is -2.18. The monoisotopic (exact) mass is 301 g/mol. The molecule has 0 spiro atoms. The van der Waals surface area contributed by atoms with E-state index in [0.29, 0.717) is 18.6 Å². The van der Waals surface area contributed by atoms with Gasteiger partial charge in [-0.05, 0) is 24.1 Å². The van der Waals surface area contributed by atoms with Crippen molar-refractivity contribution >= 4 is 23.5 Å². The molecule has 1 aliphatic rings. The number of hydrogen-bond donors (Lipinski definition) is 2. The van der Waals surface area contributed by atoms with E-state index in [4.69, 9.17) is 21.4 Å². The van der Waals surface area contributed by atoms with Crippen molar-refractivity contribution in [2.24, 2.45) is 5.92 Å². The maximum Gasteiger partial charge on any atom is 0.322 e. The highest BCUT2D eigenvalue weighted by molar-refractivity contribution is 6.30. The van der Waals surface area contributed by atoms with Crippen molar-refractivity contribution in [2.75, 3.05) is 13.2 Å². The molecule has 1 amide bonds. The second-order valence-corrected chi connectivity index (χ2v) is 4.88. The molecule has 108 valence electrons. The first-order chi connectivity index (χ1) is 9.49. The molecule has 2 N–H and O–H groups in total. The Hall–Kier alpha value is -1.66. The third-order valence-electron chi connectivity index (χ3n) is 3.11. The van der Waals surface area contributed by atoms with E-state index >= 15 is 0 Å². The Balaban J connectivity index is 2.12. The highest BCUT2D eigenvalue weighted by Crippen LogP contribution is 2.35. The molecule has 1 fully saturated rings. The summed E-state index contributed by atoms with van der Waals surface area (Å²) in [6.07, 6.45) is -0.129. The molecular weight excluding hydrogens is 289 g/mol. The largest absolute Gasteiger partial charge is 0.480 e. The van der Waals surface area contributed by atoms with Crippen LogP contribution in [0.2, 0.25) is 5.02 Å². The first-order valence-electron chi connectivity index (χ1n) is 6.05. The highest BCUT2D eigenvalue weighted by Gasteiger charge is 2.35. The Kier molecular flexibility index (Phi) is 4.57. The van der Waals surface area contributed by atoms with Crippen LogP contribution in [0.4, 0.5) is 4.39 Å². The minimum atomic E-state index is -1.12. The van der Waals surface area contributed by atoms with Crippen molar-refractivity contribution in [3.8, 4) is 0 Å². The molecule has 5 nitrogen and oxygen atoms in total. The standard InChI is InChI=1S/C13H13ClFNO4/c14-9-2-1-7(5-10(9)15)12-8(3-4-20-12)13(19)16-6-11(17)18/h1-2,5,8,12H,3-4,6H2,(H,16,19)(H,17,18)/t8-,12+/m1/s1. The minimum absolute atomic E-state index is 0.00127. The normalized spacial score (nSPS) is 21.7. The molecule has 2 atom stereocenters. The van der Waals surface area contributed by atoms with Gasteiger partial charge in [-0.15, -0.1) is 0 Å². The van der Waals surface area contributed by atoms with Crippen LogP contribution in [0.5, 0.6) is 0 Å². The van der Waals surface area contributed by atoms with Gasteiger partial charge in [-0.3, -0.25) is 9.59 Å². The van der Waals surface area contributed by atoms with E-state index < -0.39 is 36.3 Å². The van der Waals surface area contributed by atoms with Crippen LogP contribution < -0.4 is 5.32 Å². The van der Waals surface area contributed by atoms with Gasteiger partial charge in [0.1, 0.15) is 12.4 Å². The van der Waals surface area contributed by atoms with Gasteiger partial charge in [0.25, 0.3) is 0 Å². The van der Waals surface area contributed by atoms with Crippen molar-refractivity contribution in [2.45, 2.75) is 12.5 Å². The average molecular weight is 302 g/mol. The van der Waals surface area contributed by atoms with E-state index in [0.717, 1.165) is 0 Å². The van der Waals surface area contributed by atoms with Crippen molar-refractivity contribution in [1.82, 2.24) is 5.32 Å². The molecule has 1 aliphatic heterocycles. The Morgan fingerprint density at radius 1 is 1.50 bits per heavy atom. The number of aliphatic carboxylic acids is 1. The van der Waals surface area contributed by atoms with Gasteiger partial charge in [-0.2, -0.15) is 0 Å². The quantitative estimate of drug-likeness (QED) is 0.888. The first kappa shape index (κ1) is 14.7. The summed E-state index contributed by atoms with van der Waals surface area (Å²) in [6.45, 7) is -0.0862. The van der Waals surface area contributed by atoms with Gasteiger partial charge in [-0.1, -0.05) is 17.7 Å². The van der Waals surface area contributed by atoms with Crippen LogP contribution >= 0.6 is 11.6 Å². The number of nitrogens with one attached hydrogen (secondary N) is 1. The zero-order chi connectivity index (χ0) is 14.7. The smallest absolute Gasteiger partial charge is 0.322 e. The summed E-state index contributed by atoms with van der Waals surface area (Å²) in [5.41, 5.74) is 0.514. The molecule has 1 saturated heterocycles. The molecule has 7 heteroatoms. The second kappa shape index (κ2) is 6.19. The Morgan fingerprint density at radius 2 is 2.25 bits per heavy atom. The molecule has 0 aliphatic carbocycles. The maximum absolute atomic E-state index is 13.4. The summed E-state index contributed by atoms with van der Waals surface area (Å²) in [5.74, 6) is -2.64. The molecular formula is C13H13ClFNO4. The van der Waals surface area contributed by atoms with Crippen molar-refractivity contribution in [3.05, 3.63) is 34.6 Å². The lowest BCUT2D eigenvalue weighted by molar-refractivity contribution is -0.139. The van der Waals surface area contributed by atoms with E-state index in [9.17, 15) is 14.0 Å². The van der Waals surface area contributed by atoms with Crippen LogP contribution in [0.1, 0.15) is 18.1 Å². The van der Waals surface area contributed by atoms with Crippen LogP contribution in [-0.4, -0.2) is 30.1 Å². The number of hydrogen-bond acceptors (Lipinski definition) is 3. The van der Waals surface area contributed by atoms with Gasteiger partial charge in [-0.25, -0.2) is 4.39 Å². The third-order valence-corrected chi connectivity index (χ3v) is 3.42. The molecule has 0 bridgehead atoms. The molecule has 0 radical (unpaired) electrons. The summed E-state index contributed by atoms with van der Waals surface area (Å²) < 4.78 is 18.9. The summed E-state index contributed by atoms with van der Waals surface area (Å²) in [5, 5.41) is 10.9. The number of carbonyl (C=O) groups excluding carboxylic acids is 1. The third kappa shape index (κ3) is 3.26. The zero-order valence-electron chi connectivity index (χ0n) is 10.4. The van der Waals surface area contributed by atoms with Crippen molar-refractivity contribution in [3.63, 3.8) is 0 Å². The first-order valence-corrected chi connectivity index (χ1v) is 6.43. The topological polar surface area (TPSA) is 75.6 Å². The number of carboxylic acids is 1. The summed E-state index contributed by atoms with van der Waals surface area (Å²) >= 11 is 5.61. The number of ether oxygens (including phenoxy) is 1. The number of halogens is 2. The number of carboxylic acid groups (broad SMARTS) is 1. The zero-order valence-corrected chi connectivity index (χ0v) is 11.2. The van der Waals surface area contributed by atoms with Crippen LogP contribution in [0.3, 0.4) is 0 Å². The molecule has 0 aromatic heterocycles. The summed E-state index contributed by atoms with van der Waals surface area (Å²) in [4.78, 5) is 22.4. The van der Waals surface area contributed by atoms with Crippen LogP contribution in [0.25, 0.3) is 0 Å². The van der Waals surface area contributed by atoms with Gasteiger partial charge in [0.15, 0.2) is 0 Å². The SMILES string of the molecule is O=C(O)CNC(=O)[C@@H]1CCO[C@H]1c1ccc(Cl)c(F)c1. The fourth-order valence-corrected chi connectivity index (χ4v) is 2.29. The average Bonchev–Trinajstić information content (AvgIpc) is 2.88. The Morgan fingerprint density at radius 3 is 2.90 bits per heavy atom. The van der Waals surface area contributed by atoms with Crippen LogP contribution in [-0.2, 0) is 14.3 Å². The van der Waals surface area contributed by atoms with Gasteiger partial charge < -0.3 is 15.2 Å². The lowest BCUT2D eigenvalue weighted by atomic mass is 9.94. The van der Waals surface area contributed by atoms with E-state index in [1.807, 2.05) is 0 Å². The lowest BCUT2D eigenvalue weighted by Crippen LogP contribution is -2.35. The van der Waals surface area contributed by atoms with Crippen LogP contribution in [0.15, 0.2) is 18.2 Å². The molecule has 1 heterocycles. The molecule has 2 rings (SSSR count). The molecule has 1 aromatic carbocycles. The van der Waals surface area contributed by atoms with Crippen LogP contribution in [0, 0.1) is 11.7 Å². The molecule has 0 unspecified atom stereocenters. The fourth-order valence-electron chi connectivity index (χ4n) is 2.17. The van der Waals surface area contributed by atoms with Gasteiger partial charge in [0.05, 0.1) is 17.0 Å². The number of amides is 1. The van der Waals surface area contributed by atoms with E-state index in [1.165, 1.54) is 12.1 Å². The van der Waals surface area contributed by atoms with Gasteiger partial charge in [0.2, 0.25) is 5.91 Å². The minimum Gasteiger partial charge on any atom is -0.480 e. The second-order valence-electron chi connectivity index (χ2n) is 4.47. The summed E-state index contributed by atoms with van der Waals surface area (Å²) in [6, 6.07) is 4.23. The predicted octanol–water partition coefficient (Wildman–Crippen LogP) is 1.76. The number of rotatable bonds is 4. The summed E-state index contributed by atoms with van der Waals surface area (Å²) in [7, 11) is 0. The van der Waals surface area contributed by atoms with Gasteiger partial charge >= 0.3 is 5.97 Å². The van der Waals surface area contributed by atoms with Gasteiger partial charge in [0, 0.05) is 6.61 Å².